The molecule has 21 heavy (non-hydrogen) atoms. The number of likely N-dealkylation sites (N-methyl/N-ethyl adjacent to an activating group) is 1. The highest BCUT2D eigenvalue weighted by Crippen LogP contribution is 1.98. The summed E-state index contributed by atoms with van der Waals surface area (Å²) in [5, 5.41) is 6.70. The molecular weight excluding hydrogens is 264 g/mol. The van der Waals surface area contributed by atoms with Crippen molar-refractivity contribution in [2.24, 2.45) is 4.99 Å². The molecule has 0 saturated carbocycles. The lowest BCUT2D eigenvalue weighted by molar-refractivity contribution is 0.180. The number of methoxy groups -OCH3 is 1. The molecule has 0 fully saturated rings. The van der Waals surface area contributed by atoms with Crippen LogP contribution in [0.4, 0.5) is 0 Å². The van der Waals surface area contributed by atoms with Gasteiger partial charge in [0.1, 0.15) is 0 Å². The second-order valence-corrected chi connectivity index (χ2v) is 5.40. The summed E-state index contributed by atoms with van der Waals surface area (Å²) in [6.45, 7) is 10.0. The van der Waals surface area contributed by atoms with E-state index in [-0.39, 0.29) is 0 Å². The molecule has 0 unspecified atom stereocenters. The lowest BCUT2D eigenvalue weighted by atomic mass is 10.2. The standard InChI is InChI=1S/C16H36N4O/c1-5-7-8-9-11-18-16(17-6-2)19-12-14-20(3)13-10-15-21-4/h5-15H2,1-4H3,(H2,17,18,19). The number of rotatable bonds is 13. The Morgan fingerprint density at radius 2 is 1.86 bits per heavy atom. The first-order chi connectivity index (χ1) is 10.2. The van der Waals surface area contributed by atoms with Crippen molar-refractivity contribution in [2.45, 2.75) is 46.0 Å². The molecule has 126 valence electrons. The summed E-state index contributed by atoms with van der Waals surface area (Å²) < 4.78 is 5.07. The number of unbranched alkanes of at least 4 members (excludes halogenated alkanes) is 3. The van der Waals surface area contributed by atoms with E-state index in [0.29, 0.717) is 0 Å². The first kappa shape index (κ1) is 20.2. The maximum Gasteiger partial charge on any atom is 0.191 e. The summed E-state index contributed by atoms with van der Waals surface area (Å²) in [6.07, 6.45) is 6.13. The van der Waals surface area contributed by atoms with Gasteiger partial charge in [-0.3, -0.25) is 4.99 Å². The van der Waals surface area contributed by atoms with E-state index in [1.165, 1.54) is 25.7 Å². The van der Waals surface area contributed by atoms with E-state index in [1.807, 2.05) is 0 Å². The Hall–Kier alpha value is -0.810. The summed E-state index contributed by atoms with van der Waals surface area (Å²) >= 11 is 0. The molecular formula is C16H36N4O. The van der Waals surface area contributed by atoms with Gasteiger partial charge in [-0.2, -0.15) is 0 Å². The number of aliphatic imine (C=N–C) groups is 1. The Kier molecular flexibility index (Phi) is 15.0. The van der Waals surface area contributed by atoms with E-state index >= 15 is 0 Å². The number of ether oxygens (including phenoxy) is 1. The Labute approximate surface area is 131 Å². The van der Waals surface area contributed by atoms with Gasteiger partial charge >= 0.3 is 0 Å². The number of hydrogen-bond donors (Lipinski definition) is 2. The highest BCUT2D eigenvalue weighted by Gasteiger charge is 2.00. The summed E-state index contributed by atoms with van der Waals surface area (Å²) in [5.74, 6) is 0.944. The molecule has 0 aromatic carbocycles. The molecule has 5 nitrogen and oxygen atoms in total. The lowest BCUT2D eigenvalue weighted by Gasteiger charge is -2.18. The zero-order valence-corrected chi connectivity index (χ0v) is 14.6. The minimum atomic E-state index is 0.833. The van der Waals surface area contributed by atoms with Crippen molar-refractivity contribution in [1.29, 1.82) is 0 Å². The third-order valence-corrected chi connectivity index (χ3v) is 3.30. The van der Waals surface area contributed by atoms with Crippen molar-refractivity contribution in [3.05, 3.63) is 0 Å². The molecule has 0 amide bonds. The third kappa shape index (κ3) is 13.9. The molecule has 0 aliphatic rings. The average molecular weight is 300 g/mol. The number of nitrogens with one attached hydrogen (secondary N) is 2. The predicted octanol–water partition coefficient (Wildman–Crippen LogP) is 2.09. The van der Waals surface area contributed by atoms with Crippen LogP contribution >= 0.6 is 0 Å². The van der Waals surface area contributed by atoms with Gasteiger partial charge in [0.25, 0.3) is 0 Å². The van der Waals surface area contributed by atoms with Gasteiger partial charge < -0.3 is 20.3 Å². The van der Waals surface area contributed by atoms with E-state index in [0.717, 1.165) is 51.7 Å². The molecule has 0 aromatic heterocycles. The molecule has 0 saturated heterocycles. The van der Waals surface area contributed by atoms with Crippen LogP contribution in [0.3, 0.4) is 0 Å². The number of nitrogens with zero attached hydrogens (tertiary/aromatic N) is 2. The SMILES string of the molecule is CCCCCCN=C(NCC)NCCN(C)CCCOC. The van der Waals surface area contributed by atoms with Crippen molar-refractivity contribution in [3.8, 4) is 0 Å². The van der Waals surface area contributed by atoms with Gasteiger partial charge in [0.05, 0.1) is 0 Å². The molecule has 0 atom stereocenters. The average Bonchev–Trinajstić information content (AvgIpc) is 2.47. The molecule has 0 rings (SSSR count). The smallest absolute Gasteiger partial charge is 0.191 e. The normalized spacial score (nSPS) is 12.0. The lowest BCUT2D eigenvalue weighted by Crippen LogP contribution is -2.41. The van der Waals surface area contributed by atoms with E-state index < -0.39 is 0 Å². The van der Waals surface area contributed by atoms with Gasteiger partial charge in [-0.1, -0.05) is 26.2 Å². The zero-order chi connectivity index (χ0) is 15.8. The van der Waals surface area contributed by atoms with E-state index in [1.54, 1.807) is 7.11 Å². The molecule has 0 heterocycles. The summed E-state index contributed by atoms with van der Waals surface area (Å²) in [4.78, 5) is 6.93. The van der Waals surface area contributed by atoms with Crippen LogP contribution < -0.4 is 10.6 Å². The van der Waals surface area contributed by atoms with Crippen molar-refractivity contribution < 1.29 is 4.74 Å². The van der Waals surface area contributed by atoms with E-state index in [4.69, 9.17) is 4.74 Å². The van der Waals surface area contributed by atoms with Crippen LogP contribution in [0.2, 0.25) is 0 Å². The summed E-state index contributed by atoms with van der Waals surface area (Å²) in [7, 11) is 3.90. The van der Waals surface area contributed by atoms with Gasteiger partial charge in [-0.05, 0) is 26.8 Å². The second-order valence-electron chi connectivity index (χ2n) is 5.40. The summed E-state index contributed by atoms with van der Waals surface area (Å²) in [6, 6.07) is 0. The molecule has 0 bridgehead atoms. The highest BCUT2D eigenvalue weighted by molar-refractivity contribution is 5.79. The van der Waals surface area contributed by atoms with Gasteiger partial charge in [0, 0.05) is 46.4 Å². The zero-order valence-electron chi connectivity index (χ0n) is 14.6. The first-order valence-corrected chi connectivity index (χ1v) is 8.44. The molecule has 0 spiro atoms. The fourth-order valence-electron chi connectivity index (χ4n) is 2.03. The fraction of sp³-hybridized carbons (Fsp3) is 0.938. The number of guanidine groups is 1. The molecule has 0 aromatic rings. The van der Waals surface area contributed by atoms with Crippen LogP contribution in [-0.4, -0.2) is 64.3 Å². The minimum Gasteiger partial charge on any atom is -0.385 e. The van der Waals surface area contributed by atoms with Crippen LogP contribution in [0, 0.1) is 0 Å². The highest BCUT2D eigenvalue weighted by atomic mass is 16.5. The summed E-state index contributed by atoms with van der Waals surface area (Å²) in [5.41, 5.74) is 0. The van der Waals surface area contributed by atoms with E-state index in [9.17, 15) is 0 Å². The van der Waals surface area contributed by atoms with Crippen LogP contribution in [0.25, 0.3) is 0 Å². The maximum absolute atomic E-state index is 5.07. The second kappa shape index (κ2) is 15.6. The monoisotopic (exact) mass is 300 g/mol. The van der Waals surface area contributed by atoms with Crippen molar-refractivity contribution in [3.63, 3.8) is 0 Å². The van der Waals surface area contributed by atoms with Gasteiger partial charge in [0.2, 0.25) is 0 Å². The molecule has 0 aliphatic carbocycles. The van der Waals surface area contributed by atoms with Crippen LogP contribution in [0.15, 0.2) is 4.99 Å². The van der Waals surface area contributed by atoms with E-state index in [2.05, 4.69) is 41.4 Å². The van der Waals surface area contributed by atoms with Crippen molar-refractivity contribution in [2.75, 3.05) is 53.5 Å². The third-order valence-electron chi connectivity index (χ3n) is 3.30. The molecule has 0 aliphatic heterocycles. The largest absolute Gasteiger partial charge is 0.385 e. The Balaban J connectivity index is 3.78. The molecule has 5 heteroatoms. The van der Waals surface area contributed by atoms with Gasteiger partial charge in [0.15, 0.2) is 5.96 Å². The van der Waals surface area contributed by atoms with Gasteiger partial charge in [-0.25, -0.2) is 0 Å². The number of hydrogen-bond acceptors (Lipinski definition) is 3. The molecule has 2 N–H and O–H groups in total. The Morgan fingerprint density at radius 3 is 2.52 bits per heavy atom. The Morgan fingerprint density at radius 1 is 1.05 bits per heavy atom. The fourth-order valence-corrected chi connectivity index (χ4v) is 2.03. The maximum atomic E-state index is 5.07. The quantitative estimate of drug-likeness (QED) is 0.311. The molecule has 0 radical (unpaired) electrons. The van der Waals surface area contributed by atoms with Crippen molar-refractivity contribution in [1.82, 2.24) is 15.5 Å². The topological polar surface area (TPSA) is 48.9 Å². The van der Waals surface area contributed by atoms with Crippen LogP contribution in [0.1, 0.15) is 46.0 Å². The van der Waals surface area contributed by atoms with Crippen LogP contribution in [-0.2, 0) is 4.74 Å². The minimum absolute atomic E-state index is 0.833. The van der Waals surface area contributed by atoms with Gasteiger partial charge in [-0.15, -0.1) is 0 Å². The predicted molar refractivity (Wildman–Crippen MR) is 92.1 cm³/mol. The Bertz CT molecular complexity index is 246. The van der Waals surface area contributed by atoms with Crippen LogP contribution in [0.5, 0.6) is 0 Å². The van der Waals surface area contributed by atoms with Crippen molar-refractivity contribution >= 4 is 5.96 Å². The first-order valence-electron chi connectivity index (χ1n) is 8.44.